The summed E-state index contributed by atoms with van der Waals surface area (Å²) in [5.41, 5.74) is 4.16. The highest BCUT2D eigenvalue weighted by molar-refractivity contribution is 7.80. The van der Waals surface area contributed by atoms with Gasteiger partial charge in [-0.2, -0.15) is 0 Å². The molecule has 4 nitrogen and oxygen atoms in total. The van der Waals surface area contributed by atoms with Gasteiger partial charge in [0.2, 0.25) is 0 Å². The lowest BCUT2D eigenvalue weighted by Gasteiger charge is -2.08. The third kappa shape index (κ3) is 15.6. The van der Waals surface area contributed by atoms with Crippen molar-refractivity contribution in [3.63, 3.8) is 0 Å². The van der Waals surface area contributed by atoms with Crippen LogP contribution >= 0.6 is 12.2 Å². The van der Waals surface area contributed by atoms with E-state index >= 15 is 0 Å². The van der Waals surface area contributed by atoms with Crippen molar-refractivity contribution < 1.29 is 9.53 Å². The van der Waals surface area contributed by atoms with Gasteiger partial charge in [-0.1, -0.05) is 34.9 Å². The van der Waals surface area contributed by atoms with E-state index in [-0.39, 0.29) is 12.5 Å². The third-order valence-corrected chi connectivity index (χ3v) is 3.82. The normalized spacial score (nSPS) is 11.7. The van der Waals surface area contributed by atoms with Crippen molar-refractivity contribution in [2.24, 2.45) is 0 Å². The first kappa shape index (κ1) is 23.4. The summed E-state index contributed by atoms with van der Waals surface area (Å²) in [6.07, 6.45) is 11.1. The maximum Gasteiger partial charge on any atom is 0.325 e. The molecule has 2 N–H and O–H groups in total. The molecule has 0 aliphatic heterocycles. The van der Waals surface area contributed by atoms with Crippen molar-refractivity contribution in [2.75, 3.05) is 19.7 Å². The van der Waals surface area contributed by atoms with Gasteiger partial charge in [0.15, 0.2) is 5.11 Å². The number of ether oxygens (including phenoxy) is 1. The van der Waals surface area contributed by atoms with Crippen LogP contribution in [0.5, 0.6) is 0 Å². The zero-order valence-corrected chi connectivity index (χ0v) is 17.2. The largest absolute Gasteiger partial charge is 0.465 e. The van der Waals surface area contributed by atoms with E-state index in [0.29, 0.717) is 18.3 Å². The molecule has 0 amide bonds. The molecule has 0 fully saturated rings. The molecule has 0 aliphatic rings. The van der Waals surface area contributed by atoms with Crippen LogP contribution in [0.2, 0.25) is 0 Å². The average molecular weight is 367 g/mol. The Hall–Kier alpha value is -1.62. The van der Waals surface area contributed by atoms with Gasteiger partial charge in [-0.25, -0.2) is 0 Å². The summed E-state index contributed by atoms with van der Waals surface area (Å²) in [6, 6.07) is 0. The molecule has 0 radical (unpaired) electrons. The fourth-order valence-electron chi connectivity index (χ4n) is 2.08. The Morgan fingerprint density at radius 3 is 2.16 bits per heavy atom. The SMILES string of the molecule is CCOC(=O)CNC(=S)NC/C=C(\C)CC/C=C(\C)CCC=C(C)C. The van der Waals surface area contributed by atoms with E-state index in [0.717, 1.165) is 25.7 Å². The predicted molar refractivity (Wildman–Crippen MR) is 111 cm³/mol. The number of carbonyl (C=O) groups excluding carboxylic acids is 1. The third-order valence-electron chi connectivity index (χ3n) is 3.53. The minimum Gasteiger partial charge on any atom is -0.465 e. The number of carbonyl (C=O) groups is 1. The van der Waals surface area contributed by atoms with Crippen LogP contribution in [0.25, 0.3) is 0 Å². The molecular formula is C20H34N2O2S. The number of thiocarbonyl (C=S) groups is 1. The molecule has 0 saturated carbocycles. The summed E-state index contributed by atoms with van der Waals surface area (Å²) in [5.74, 6) is -0.301. The van der Waals surface area contributed by atoms with Gasteiger partial charge in [0, 0.05) is 6.54 Å². The molecule has 0 aliphatic carbocycles. The Morgan fingerprint density at radius 1 is 0.960 bits per heavy atom. The Balaban J connectivity index is 3.92. The Kier molecular flexibility index (Phi) is 13.7. The summed E-state index contributed by atoms with van der Waals surface area (Å²) in [7, 11) is 0. The van der Waals surface area contributed by atoms with E-state index in [9.17, 15) is 4.79 Å². The average Bonchev–Trinajstić information content (AvgIpc) is 2.53. The summed E-state index contributed by atoms with van der Waals surface area (Å²) < 4.78 is 4.83. The zero-order valence-electron chi connectivity index (χ0n) is 16.4. The molecule has 0 atom stereocenters. The zero-order chi connectivity index (χ0) is 19.1. The molecule has 0 aromatic rings. The van der Waals surface area contributed by atoms with Gasteiger partial charge in [-0.15, -0.1) is 0 Å². The van der Waals surface area contributed by atoms with Gasteiger partial charge in [0.25, 0.3) is 0 Å². The highest BCUT2D eigenvalue weighted by atomic mass is 32.1. The van der Waals surface area contributed by atoms with Crippen molar-refractivity contribution in [3.05, 3.63) is 34.9 Å². The lowest BCUT2D eigenvalue weighted by molar-refractivity contribution is -0.141. The number of nitrogens with one attached hydrogen (secondary N) is 2. The van der Waals surface area contributed by atoms with Gasteiger partial charge < -0.3 is 15.4 Å². The van der Waals surface area contributed by atoms with E-state index in [4.69, 9.17) is 17.0 Å². The van der Waals surface area contributed by atoms with Crippen LogP contribution < -0.4 is 10.6 Å². The van der Waals surface area contributed by atoms with Gasteiger partial charge in [-0.3, -0.25) is 4.79 Å². The summed E-state index contributed by atoms with van der Waals surface area (Å²) >= 11 is 5.12. The second-order valence-corrected chi connectivity index (χ2v) is 6.74. The second-order valence-electron chi connectivity index (χ2n) is 6.33. The van der Waals surface area contributed by atoms with Gasteiger partial charge in [-0.05, 0) is 72.5 Å². The molecule has 0 rings (SSSR count). The maximum atomic E-state index is 11.2. The van der Waals surface area contributed by atoms with Gasteiger partial charge >= 0.3 is 5.97 Å². The Labute approximate surface area is 158 Å². The van der Waals surface area contributed by atoms with Gasteiger partial charge in [0.1, 0.15) is 6.54 Å². The number of allylic oxidation sites excluding steroid dienone is 5. The molecule has 0 aromatic carbocycles. The fraction of sp³-hybridized carbons (Fsp3) is 0.600. The topological polar surface area (TPSA) is 50.4 Å². The number of esters is 1. The van der Waals surface area contributed by atoms with Crippen LogP contribution in [-0.4, -0.2) is 30.8 Å². The first-order valence-corrected chi connectivity index (χ1v) is 9.37. The van der Waals surface area contributed by atoms with E-state index in [1.54, 1.807) is 6.92 Å². The molecular weight excluding hydrogens is 332 g/mol. The molecule has 0 aromatic heterocycles. The molecule has 0 heterocycles. The van der Waals surface area contributed by atoms with E-state index < -0.39 is 0 Å². The molecule has 0 bridgehead atoms. The monoisotopic (exact) mass is 366 g/mol. The van der Waals surface area contributed by atoms with E-state index in [1.165, 1.54) is 16.7 Å². The van der Waals surface area contributed by atoms with Crippen LogP contribution in [0.3, 0.4) is 0 Å². The number of hydrogen-bond acceptors (Lipinski definition) is 3. The van der Waals surface area contributed by atoms with Crippen molar-refractivity contribution in [3.8, 4) is 0 Å². The lowest BCUT2D eigenvalue weighted by Crippen LogP contribution is -2.38. The van der Waals surface area contributed by atoms with Crippen LogP contribution in [0.15, 0.2) is 34.9 Å². The van der Waals surface area contributed by atoms with Gasteiger partial charge in [0.05, 0.1) is 6.61 Å². The van der Waals surface area contributed by atoms with Crippen LogP contribution in [-0.2, 0) is 9.53 Å². The Bertz CT molecular complexity index is 504. The van der Waals surface area contributed by atoms with E-state index in [1.807, 2.05) is 0 Å². The maximum absolute atomic E-state index is 11.2. The standard InChI is InChI=1S/C20H34N2O2S/c1-6-24-19(23)15-22-20(25)21-14-13-18(5)12-8-11-17(4)10-7-9-16(2)3/h9,11,13H,6-8,10,12,14-15H2,1-5H3,(H2,21,22,25)/b17-11+,18-13+. The van der Waals surface area contributed by atoms with Crippen molar-refractivity contribution >= 4 is 23.3 Å². The second kappa shape index (κ2) is 14.7. The highest BCUT2D eigenvalue weighted by Gasteiger charge is 2.01. The van der Waals surface area contributed by atoms with E-state index in [2.05, 4.69) is 56.6 Å². The van der Waals surface area contributed by atoms with Crippen molar-refractivity contribution in [1.29, 1.82) is 0 Å². The number of hydrogen-bond donors (Lipinski definition) is 2. The minimum atomic E-state index is -0.301. The molecule has 0 spiro atoms. The van der Waals surface area contributed by atoms with Crippen LogP contribution in [0, 0.1) is 0 Å². The smallest absolute Gasteiger partial charge is 0.325 e. The fourth-order valence-corrected chi connectivity index (χ4v) is 2.24. The lowest BCUT2D eigenvalue weighted by atomic mass is 10.1. The minimum absolute atomic E-state index is 0.0964. The summed E-state index contributed by atoms with van der Waals surface area (Å²) in [5, 5.41) is 6.36. The van der Waals surface area contributed by atoms with Crippen molar-refractivity contribution in [2.45, 2.75) is 60.3 Å². The summed E-state index contributed by atoms with van der Waals surface area (Å²) in [4.78, 5) is 11.2. The first-order valence-electron chi connectivity index (χ1n) is 8.97. The van der Waals surface area contributed by atoms with Crippen molar-refractivity contribution in [1.82, 2.24) is 10.6 Å². The quantitative estimate of drug-likeness (QED) is 0.322. The molecule has 25 heavy (non-hydrogen) atoms. The number of rotatable bonds is 11. The molecule has 5 heteroatoms. The molecule has 0 saturated heterocycles. The molecule has 142 valence electrons. The molecule has 0 unspecified atom stereocenters. The van der Waals surface area contributed by atoms with Crippen LogP contribution in [0.1, 0.15) is 60.3 Å². The highest BCUT2D eigenvalue weighted by Crippen LogP contribution is 2.11. The Morgan fingerprint density at radius 2 is 1.56 bits per heavy atom. The summed E-state index contributed by atoms with van der Waals surface area (Å²) in [6.45, 7) is 11.5. The predicted octanol–water partition coefficient (Wildman–Crippen LogP) is 4.43. The van der Waals surface area contributed by atoms with Crippen LogP contribution in [0.4, 0.5) is 0 Å². The first-order chi connectivity index (χ1) is 11.8.